The summed E-state index contributed by atoms with van der Waals surface area (Å²) in [5.41, 5.74) is 1.51. The molecule has 0 aliphatic heterocycles. The van der Waals surface area contributed by atoms with Gasteiger partial charge >= 0.3 is 0 Å². The van der Waals surface area contributed by atoms with Gasteiger partial charge in [-0.1, -0.05) is 12.1 Å². The summed E-state index contributed by atoms with van der Waals surface area (Å²) < 4.78 is 14.9. The minimum Gasteiger partial charge on any atom is -0.506 e. The second-order valence-corrected chi connectivity index (χ2v) is 4.13. The van der Waals surface area contributed by atoms with E-state index in [2.05, 4.69) is 4.98 Å². The van der Waals surface area contributed by atoms with Gasteiger partial charge in [0, 0.05) is 12.6 Å². The zero-order valence-corrected chi connectivity index (χ0v) is 9.55. The highest BCUT2D eigenvalue weighted by atomic mass is 19.1. The summed E-state index contributed by atoms with van der Waals surface area (Å²) in [4.78, 5) is 4.26. The zero-order chi connectivity index (χ0) is 12.5. The van der Waals surface area contributed by atoms with Gasteiger partial charge in [0.05, 0.1) is 6.20 Å². The van der Waals surface area contributed by atoms with Gasteiger partial charge in [0.25, 0.3) is 0 Å². The highest BCUT2D eigenvalue weighted by molar-refractivity contribution is 5.58. The van der Waals surface area contributed by atoms with Crippen LogP contribution < -0.4 is 0 Å². The first-order valence-electron chi connectivity index (χ1n) is 5.62. The maximum Gasteiger partial charge on any atom is 0.141 e. The van der Waals surface area contributed by atoms with E-state index in [4.69, 9.17) is 0 Å². The molecule has 0 radical (unpaired) electrons. The Morgan fingerprint density at radius 3 is 2.94 bits per heavy atom. The van der Waals surface area contributed by atoms with E-state index in [-0.39, 0.29) is 11.6 Å². The lowest BCUT2D eigenvalue weighted by Gasteiger charge is -2.02. The SMILES string of the molecule is Oc1cccn2c(Cc3cccc(F)c3)ncc12. The minimum absolute atomic E-state index is 0.190. The molecule has 0 saturated heterocycles. The van der Waals surface area contributed by atoms with Crippen molar-refractivity contribution in [3.05, 3.63) is 66.0 Å². The van der Waals surface area contributed by atoms with Gasteiger partial charge in [-0.05, 0) is 29.8 Å². The molecular formula is C14H11FN2O. The van der Waals surface area contributed by atoms with Crippen LogP contribution in [0.1, 0.15) is 11.4 Å². The van der Waals surface area contributed by atoms with Crippen LogP contribution in [0, 0.1) is 5.82 Å². The first-order valence-corrected chi connectivity index (χ1v) is 5.62. The third kappa shape index (κ3) is 1.82. The lowest BCUT2D eigenvalue weighted by molar-refractivity contribution is 0.479. The zero-order valence-electron chi connectivity index (χ0n) is 9.55. The Morgan fingerprint density at radius 1 is 1.22 bits per heavy atom. The molecule has 0 aliphatic carbocycles. The summed E-state index contributed by atoms with van der Waals surface area (Å²) in [6.45, 7) is 0. The predicted molar refractivity (Wildman–Crippen MR) is 66.1 cm³/mol. The van der Waals surface area contributed by atoms with Crippen molar-refractivity contribution >= 4 is 5.52 Å². The number of pyridine rings is 1. The highest BCUT2D eigenvalue weighted by Crippen LogP contribution is 2.20. The van der Waals surface area contributed by atoms with Gasteiger partial charge in [-0.15, -0.1) is 0 Å². The number of hydrogen-bond donors (Lipinski definition) is 1. The second kappa shape index (κ2) is 4.14. The number of aromatic nitrogens is 2. The maximum atomic E-state index is 13.1. The molecule has 1 aromatic carbocycles. The van der Waals surface area contributed by atoms with Gasteiger partial charge in [-0.3, -0.25) is 0 Å². The van der Waals surface area contributed by atoms with Crippen LogP contribution in [0.25, 0.3) is 5.52 Å². The molecule has 2 heterocycles. The number of nitrogens with zero attached hydrogens (tertiary/aromatic N) is 2. The Kier molecular flexibility index (Phi) is 2.48. The van der Waals surface area contributed by atoms with Gasteiger partial charge in [-0.25, -0.2) is 9.37 Å². The van der Waals surface area contributed by atoms with Crippen LogP contribution in [0.5, 0.6) is 5.75 Å². The van der Waals surface area contributed by atoms with Gasteiger partial charge in [-0.2, -0.15) is 0 Å². The molecule has 18 heavy (non-hydrogen) atoms. The van der Waals surface area contributed by atoms with Crippen LogP contribution in [0.15, 0.2) is 48.8 Å². The van der Waals surface area contributed by atoms with E-state index in [9.17, 15) is 9.50 Å². The van der Waals surface area contributed by atoms with Crippen molar-refractivity contribution in [2.24, 2.45) is 0 Å². The molecule has 90 valence electrons. The van der Waals surface area contributed by atoms with Crippen molar-refractivity contribution in [2.45, 2.75) is 6.42 Å². The number of aromatic hydroxyl groups is 1. The van der Waals surface area contributed by atoms with E-state index in [1.54, 1.807) is 28.8 Å². The smallest absolute Gasteiger partial charge is 0.141 e. The Balaban J connectivity index is 2.03. The Morgan fingerprint density at radius 2 is 2.11 bits per heavy atom. The standard InChI is InChI=1S/C14H11FN2O/c15-11-4-1-3-10(7-11)8-14-16-9-12-13(18)5-2-6-17(12)14/h1-7,9,18H,8H2. The number of imidazole rings is 1. The molecule has 3 rings (SSSR count). The molecule has 2 aromatic heterocycles. The number of rotatable bonds is 2. The normalized spacial score (nSPS) is 10.9. The molecule has 0 aliphatic rings. The fourth-order valence-electron chi connectivity index (χ4n) is 2.02. The lowest BCUT2D eigenvalue weighted by atomic mass is 10.1. The molecule has 0 fully saturated rings. The fraction of sp³-hybridized carbons (Fsp3) is 0.0714. The molecule has 0 atom stereocenters. The van der Waals surface area contributed by atoms with Crippen LogP contribution in [0.2, 0.25) is 0 Å². The van der Waals surface area contributed by atoms with Crippen molar-refractivity contribution in [3.8, 4) is 5.75 Å². The summed E-state index contributed by atoms with van der Waals surface area (Å²) in [7, 11) is 0. The van der Waals surface area contributed by atoms with Crippen molar-refractivity contribution in [1.82, 2.24) is 9.38 Å². The van der Waals surface area contributed by atoms with E-state index in [1.807, 2.05) is 12.3 Å². The number of hydrogen-bond acceptors (Lipinski definition) is 2. The first kappa shape index (κ1) is 10.8. The second-order valence-electron chi connectivity index (χ2n) is 4.13. The molecule has 4 heteroatoms. The van der Waals surface area contributed by atoms with Crippen molar-refractivity contribution in [2.75, 3.05) is 0 Å². The molecule has 0 saturated carbocycles. The molecule has 0 spiro atoms. The molecule has 1 N–H and O–H groups in total. The van der Waals surface area contributed by atoms with Crippen molar-refractivity contribution in [1.29, 1.82) is 0 Å². The maximum absolute atomic E-state index is 13.1. The van der Waals surface area contributed by atoms with Crippen LogP contribution in [0.4, 0.5) is 4.39 Å². The van der Waals surface area contributed by atoms with E-state index >= 15 is 0 Å². The number of benzene rings is 1. The quantitative estimate of drug-likeness (QED) is 0.750. The molecular weight excluding hydrogens is 231 g/mol. The third-order valence-electron chi connectivity index (χ3n) is 2.88. The fourth-order valence-corrected chi connectivity index (χ4v) is 2.02. The van der Waals surface area contributed by atoms with Gasteiger partial charge in [0.1, 0.15) is 22.9 Å². The molecule has 0 unspecified atom stereocenters. The van der Waals surface area contributed by atoms with Crippen LogP contribution >= 0.6 is 0 Å². The monoisotopic (exact) mass is 242 g/mol. The average Bonchev–Trinajstić information content (AvgIpc) is 2.74. The van der Waals surface area contributed by atoms with Crippen LogP contribution in [-0.2, 0) is 6.42 Å². The number of halogens is 1. The van der Waals surface area contributed by atoms with E-state index in [1.165, 1.54) is 12.1 Å². The van der Waals surface area contributed by atoms with Crippen LogP contribution in [0.3, 0.4) is 0 Å². The summed E-state index contributed by atoms with van der Waals surface area (Å²) in [5, 5.41) is 9.67. The summed E-state index contributed by atoms with van der Waals surface area (Å²) >= 11 is 0. The summed E-state index contributed by atoms with van der Waals surface area (Å²) in [6.07, 6.45) is 3.97. The Hall–Kier alpha value is -2.36. The number of fused-ring (bicyclic) bond motifs is 1. The molecule has 3 nitrogen and oxygen atoms in total. The van der Waals surface area contributed by atoms with Crippen molar-refractivity contribution in [3.63, 3.8) is 0 Å². The highest BCUT2D eigenvalue weighted by Gasteiger charge is 2.07. The average molecular weight is 242 g/mol. The minimum atomic E-state index is -0.254. The van der Waals surface area contributed by atoms with Gasteiger partial charge < -0.3 is 9.51 Å². The van der Waals surface area contributed by atoms with Gasteiger partial charge in [0.15, 0.2) is 0 Å². The van der Waals surface area contributed by atoms with Crippen LogP contribution in [-0.4, -0.2) is 14.5 Å². The summed E-state index contributed by atoms with van der Waals surface area (Å²) in [5.74, 6) is 0.707. The largest absolute Gasteiger partial charge is 0.506 e. The molecule has 0 amide bonds. The van der Waals surface area contributed by atoms with E-state index in [0.29, 0.717) is 11.9 Å². The van der Waals surface area contributed by atoms with E-state index < -0.39 is 0 Å². The molecule has 3 aromatic rings. The summed E-state index contributed by atoms with van der Waals surface area (Å²) in [6, 6.07) is 9.80. The predicted octanol–water partition coefficient (Wildman–Crippen LogP) is 2.77. The van der Waals surface area contributed by atoms with E-state index in [0.717, 1.165) is 11.4 Å². The molecule has 0 bridgehead atoms. The third-order valence-corrected chi connectivity index (χ3v) is 2.88. The van der Waals surface area contributed by atoms with Gasteiger partial charge in [0.2, 0.25) is 0 Å². The topological polar surface area (TPSA) is 37.5 Å². The lowest BCUT2D eigenvalue weighted by Crippen LogP contribution is -1.96. The Labute approximate surface area is 103 Å². The first-order chi connectivity index (χ1) is 8.74. The Bertz CT molecular complexity index is 706. The van der Waals surface area contributed by atoms with Crippen molar-refractivity contribution < 1.29 is 9.50 Å².